The third-order valence-electron chi connectivity index (χ3n) is 2.53. The van der Waals surface area contributed by atoms with Gasteiger partial charge in [-0.05, 0) is 73.2 Å². The van der Waals surface area contributed by atoms with E-state index >= 15 is 0 Å². The highest BCUT2D eigenvalue weighted by Gasteiger charge is 2.19. The summed E-state index contributed by atoms with van der Waals surface area (Å²) in [6.07, 6.45) is 7.22. The lowest BCUT2D eigenvalue weighted by Crippen LogP contribution is -2.21. The van der Waals surface area contributed by atoms with Crippen molar-refractivity contribution in [1.29, 1.82) is 0 Å². The average Bonchev–Trinajstić information content (AvgIpc) is 2.02. The standard InChI is InChI=1S/C13H26N2/c1-7-14-12(3,4)10-9-11-13(5,6)15-8-2/h7-8H,9-11H2,1-6H3. The Hall–Kier alpha value is -0.660. The maximum atomic E-state index is 4.46. The molecule has 0 spiro atoms. The van der Waals surface area contributed by atoms with E-state index in [-0.39, 0.29) is 11.1 Å². The molecule has 0 heterocycles. The van der Waals surface area contributed by atoms with Crippen molar-refractivity contribution in [1.82, 2.24) is 0 Å². The molecule has 0 aromatic heterocycles. The lowest BCUT2D eigenvalue weighted by atomic mass is 9.92. The van der Waals surface area contributed by atoms with E-state index < -0.39 is 0 Å². The Morgan fingerprint density at radius 2 is 1.13 bits per heavy atom. The van der Waals surface area contributed by atoms with Crippen LogP contribution in [0, 0.1) is 0 Å². The lowest BCUT2D eigenvalue weighted by molar-refractivity contribution is 0.397. The van der Waals surface area contributed by atoms with E-state index in [2.05, 4.69) is 37.7 Å². The summed E-state index contributed by atoms with van der Waals surface area (Å²) in [5.74, 6) is 0. The molecule has 0 aromatic carbocycles. The fourth-order valence-corrected chi connectivity index (χ4v) is 1.78. The van der Waals surface area contributed by atoms with Gasteiger partial charge in [-0.3, -0.25) is 9.98 Å². The minimum Gasteiger partial charge on any atom is -0.292 e. The zero-order valence-corrected chi connectivity index (χ0v) is 11.2. The molecule has 15 heavy (non-hydrogen) atoms. The highest BCUT2D eigenvalue weighted by atomic mass is 14.8. The minimum absolute atomic E-state index is 0.0841. The first-order valence-corrected chi connectivity index (χ1v) is 5.83. The molecule has 0 aromatic rings. The second-order valence-corrected chi connectivity index (χ2v) is 5.25. The number of nitrogens with zero attached hydrogens (tertiary/aromatic N) is 2. The van der Waals surface area contributed by atoms with E-state index in [1.165, 1.54) is 6.42 Å². The number of rotatable bonds is 6. The first-order chi connectivity index (χ1) is 6.83. The zero-order valence-electron chi connectivity index (χ0n) is 11.2. The van der Waals surface area contributed by atoms with Gasteiger partial charge < -0.3 is 0 Å². The second kappa shape index (κ2) is 6.04. The molecule has 0 bridgehead atoms. The quantitative estimate of drug-likeness (QED) is 0.594. The molecule has 2 nitrogen and oxygen atoms in total. The van der Waals surface area contributed by atoms with Crippen LogP contribution in [0.25, 0.3) is 0 Å². The minimum atomic E-state index is 0.0841. The van der Waals surface area contributed by atoms with Crippen molar-refractivity contribution >= 4 is 12.4 Å². The lowest BCUT2D eigenvalue weighted by Gasteiger charge is -2.23. The molecular weight excluding hydrogens is 184 g/mol. The Labute approximate surface area is 94.9 Å². The van der Waals surface area contributed by atoms with Gasteiger partial charge in [-0.1, -0.05) is 0 Å². The Morgan fingerprint density at radius 1 is 0.800 bits per heavy atom. The maximum absolute atomic E-state index is 4.46. The largest absolute Gasteiger partial charge is 0.292 e. The monoisotopic (exact) mass is 210 g/mol. The van der Waals surface area contributed by atoms with Crippen LogP contribution in [-0.2, 0) is 0 Å². The molecule has 0 radical (unpaired) electrons. The van der Waals surface area contributed by atoms with E-state index in [0.717, 1.165) is 12.8 Å². The first kappa shape index (κ1) is 14.3. The summed E-state index contributed by atoms with van der Waals surface area (Å²) in [7, 11) is 0. The summed E-state index contributed by atoms with van der Waals surface area (Å²) in [5, 5.41) is 0. The van der Waals surface area contributed by atoms with Crippen molar-refractivity contribution < 1.29 is 0 Å². The van der Waals surface area contributed by atoms with Crippen LogP contribution >= 0.6 is 0 Å². The van der Waals surface area contributed by atoms with Crippen molar-refractivity contribution in [3.63, 3.8) is 0 Å². The molecule has 0 unspecified atom stereocenters. The van der Waals surface area contributed by atoms with Crippen LogP contribution < -0.4 is 0 Å². The Bertz CT molecular complexity index is 201. The predicted molar refractivity (Wildman–Crippen MR) is 70.3 cm³/mol. The summed E-state index contributed by atoms with van der Waals surface area (Å²) < 4.78 is 0. The molecule has 0 aliphatic heterocycles. The van der Waals surface area contributed by atoms with Crippen molar-refractivity contribution in [2.24, 2.45) is 9.98 Å². The third-order valence-corrected chi connectivity index (χ3v) is 2.53. The third kappa shape index (κ3) is 7.29. The summed E-state index contributed by atoms with van der Waals surface area (Å²) in [6.45, 7) is 12.7. The van der Waals surface area contributed by atoms with Gasteiger partial charge in [0.1, 0.15) is 0 Å². The number of hydrogen-bond acceptors (Lipinski definition) is 2. The smallest absolute Gasteiger partial charge is 0.0548 e. The van der Waals surface area contributed by atoms with Crippen LogP contribution in [0.1, 0.15) is 60.8 Å². The van der Waals surface area contributed by atoms with Crippen molar-refractivity contribution in [3.8, 4) is 0 Å². The summed E-state index contributed by atoms with van der Waals surface area (Å²) >= 11 is 0. The topological polar surface area (TPSA) is 24.7 Å². The maximum Gasteiger partial charge on any atom is 0.0548 e. The molecule has 0 saturated carbocycles. The van der Waals surface area contributed by atoms with Gasteiger partial charge in [0.25, 0.3) is 0 Å². The van der Waals surface area contributed by atoms with Crippen LogP contribution in [-0.4, -0.2) is 23.5 Å². The predicted octanol–water partition coefficient (Wildman–Crippen LogP) is 3.90. The van der Waals surface area contributed by atoms with Gasteiger partial charge in [-0.2, -0.15) is 0 Å². The summed E-state index contributed by atoms with van der Waals surface area (Å²) in [4.78, 5) is 8.92. The zero-order chi connectivity index (χ0) is 11.9. The Kier molecular flexibility index (Phi) is 5.77. The molecule has 0 saturated heterocycles. The van der Waals surface area contributed by atoms with Gasteiger partial charge in [0.2, 0.25) is 0 Å². The molecule has 0 N–H and O–H groups in total. The van der Waals surface area contributed by atoms with E-state index in [1.807, 2.05) is 26.3 Å². The van der Waals surface area contributed by atoms with Crippen LogP contribution in [0.3, 0.4) is 0 Å². The van der Waals surface area contributed by atoms with Gasteiger partial charge in [-0.15, -0.1) is 0 Å². The van der Waals surface area contributed by atoms with Gasteiger partial charge >= 0.3 is 0 Å². The highest BCUT2D eigenvalue weighted by molar-refractivity contribution is 5.54. The van der Waals surface area contributed by atoms with Gasteiger partial charge in [0.15, 0.2) is 0 Å². The molecule has 0 fully saturated rings. The molecule has 0 amide bonds. The van der Waals surface area contributed by atoms with Crippen molar-refractivity contribution in [2.45, 2.75) is 71.9 Å². The Morgan fingerprint density at radius 3 is 1.40 bits per heavy atom. The van der Waals surface area contributed by atoms with Gasteiger partial charge in [0.05, 0.1) is 11.1 Å². The number of aliphatic imine (C=N–C) groups is 2. The van der Waals surface area contributed by atoms with Gasteiger partial charge in [0, 0.05) is 0 Å². The van der Waals surface area contributed by atoms with Gasteiger partial charge in [-0.25, -0.2) is 0 Å². The van der Waals surface area contributed by atoms with E-state index in [0.29, 0.717) is 0 Å². The molecule has 0 rings (SSSR count). The van der Waals surface area contributed by atoms with E-state index in [1.54, 1.807) is 0 Å². The summed E-state index contributed by atoms with van der Waals surface area (Å²) in [5.41, 5.74) is 0.168. The van der Waals surface area contributed by atoms with Crippen molar-refractivity contribution in [2.75, 3.05) is 0 Å². The van der Waals surface area contributed by atoms with Crippen LogP contribution in [0.5, 0.6) is 0 Å². The SMILES string of the molecule is CC=NC(C)(C)CCCC(C)(C)N=CC. The van der Waals surface area contributed by atoms with Crippen molar-refractivity contribution in [3.05, 3.63) is 0 Å². The second-order valence-electron chi connectivity index (χ2n) is 5.25. The molecule has 2 heteroatoms. The van der Waals surface area contributed by atoms with Crippen LogP contribution in [0.4, 0.5) is 0 Å². The molecule has 88 valence electrons. The first-order valence-electron chi connectivity index (χ1n) is 5.83. The fraction of sp³-hybridized carbons (Fsp3) is 0.846. The highest BCUT2D eigenvalue weighted by Crippen LogP contribution is 2.23. The average molecular weight is 210 g/mol. The summed E-state index contributed by atoms with van der Waals surface area (Å²) in [6, 6.07) is 0. The number of hydrogen-bond donors (Lipinski definition) is 0. The van der Waals surface area contributed by atoms with Crippen LogP contribution in [0.15, 0.2) is 9.98 Å². The molecule has 0 atom stereocenters. The molecule has 0 aliphatic rings. The molecular formula is C13H26N2. The fourth-order valence-electron chi connectivity index (χ4n) is 1.78. The Balaban J connectivity index is 3.98. The van der Waals surface area contributed by atoms with E-state index in [4.69, 9.17) is 0 Å². The molecule has 0 aliphatic carbocycles. The van der Waals surface area contributed by atoms with Crippen LogP contribution in [0.2, 0.25) is 0 Å². The van der Waals surface area contributed by atoms with E-state index in [9.17, 15) is 0 Å². The normalized spacial score (nSPS) is 14.3.